The maximum absolute atomic E-state index is 12.5. The molecular weight excluding hydrogens is 310 g/mol. The Hall–Kier alpha value is -3.09. The molecule has 1 aromatic heterocycles. The Labute approximate surface area is 138 Å². The molecule has 0 unspecified atom stereocenters. The molecule has 2 heterocycles. The third-order valence-corrected chi connectivity index (χ3v) is 3.81. The van der Waals surface area contributed by atoms with Gasteiger partial charge >= 0.3 is 0 Å². The number of nitrogens with one attached hydrogen (secondary N) is 2. The fourth-order valence-corrected chi connectivity index (χ4v) is 2.58. The lowest BCUT2D eigenvalue weighted by Gasteiger charge is -2.21. The van der Waals surface area contributed by atoms with Crippen LogP contribution in [-0.4, -0.2) is 36.2 Å². The summed E-state index contributed by atoms with van der Waals surface area (Å²) in [5.74, 6) is -0.240. The molecule has 0 fully saturated rings. The summed E-state index contributed by atoms with van der Waals surface area (Å²) in [5, 5.41) is 5.38. The number of carbonyl (C=O) groups is 3. The molecule has 0 saturated heterocycles. The highest BCUT2D eigenvalue weighted by Crippen LogP contribution is 2.25. The molecular formula is C17H17N3O4. The molecule has 7 heteroatoms. The number of furan rings is 1. The number of nitrogens with zero attached hydrogens (tertiary/aromatic N) is 1. The molecule has 1 aliphatic rings. The Morgan fingerprint density at radius 1 is 1.12 bits per heavy atom. The highest BCUT2D eigenvalue weighted by Gasteiger charge is 2.30. The maximum atomic E-state index is 12.5. The monoisotopic (exact) mass is 327 g/mol. The molecule has 7 nitrogen and oxygen atoms in total. The molecule has 2 aromatic rings. The van der Waals surface area contributed by atoms with Gasteiger partial charge in [-0.05, 0) is 24.3 Å². The minimum absolute atomic E-state index is 0.167. The van der Waals surface area contributed by atoms with E-state index in [1.54, 1.807) is 36.2 Å². The van der Waals surface area contributed by atoms with Crippen LogP contribution >= 0.6 is 0 Å². The first kappa shape index (κ1) is 15.8. The molecule has 0 saturated carbocycles. The van der Waals surface area contributed by atoms with Crippen LogP contribution in [0.4, 0.5) is 11.4 Å². The van der Waals surface area contributed by atoms with Gasteiger partial charge in [-0.25, -0.2) is 0 Å². The number of benzene rings is 1. The summed E-state index contributed by atoms with van der Waals surface area (Å²) >= 11 is 0. The lowest BCUT2D eigenvalue weighted by molar-refractivity contribution is -0.114. The predicted molar refractivity (Wildman–Crippen MR) is 88.1 cm³/mol. The van der Waals surface area contributed by atoms with Crippen LogP contribution in [0.1, 0.15) is 33.4 Å². The van der Waals surface area contributed by atoms with Gasteiger partial charge < -0.3 is 20.0 Å². The van der Waals surface area contributed by atoms with Crippen molar-refractivity contribution >= 4 is 29.1 Å². The number of hydrogen-bond donors (Lipinski definition) is 2. The van der Waals surface area contributed by atoms with Crippen molar-refractivity contribution in [2.75, 3.05) is 24.2 Å². The molecule has 1 aromatic carbocycles. The van der Waals surface area contributed by atoms with Crippen molar-refractivity contribution in [3.63, 3.8) is 0 Å². The molecule has 0 spiro atoms. The maximum Gasteiger partial charge on any atom is 0.259 e. The van der Waals surface area contributed by atoms with E-state index in [4.69, 9.17) is 4.42 Å². The average Bonchev–Trinajstić information content (AvgIpc) is 2.97. The highest BCUT2D eigenvalue weighted by molar-refractivity contribution is 6.12. The van der Waals surface area contributed by atoms with Gasteiger partial charge in [-0.2, -0.15) is 0 Å². The van der Waals surface area contributed by atoms with E-state index in [0.717, 1.165) is 0 Å². The van der Waals surface area contributed by atoms with Crippen molar-refractivity contribution in [1.29, 1.82) is 0 Å². The second-order valence-corrected chi connectivity index (χ2v) is 5.64. The van der Waals surface area contributed by atoms with Crippen molar-refractivity contribution in [3.8, 4) is 0 Å². The van der Waals surface area contributed by atoms with E-state index >= 15 is 0 Å². The van der Waals surface area contributed by atoms with Gasteiger partial charge in [0.05, 0.1) is 11.1 Å². The van der Waals surface area contributed by atoms with Gasteiger partial charge in [0.15, 0.2) is 0 Å². The van der Waals surface area contributed by atoms with Crippen molar-refractivity contribution in [3.05, 3.63) is 47.4 Å². The van der Waals surface area contributed by atoms with Crippen LogP contribution in [-0.2, 0) is 11.2 Å². The van der Waals surface area contributed by atoms with E-state index in [0.29, 0.717) is 35.7 Å². The predicted octanol–water partition coefficient (Wildman–Crippen LogP) is 2.12. The summed E-state index contributed by atoms with van der Waals surface area (Å²) in [4.78, 5) is 37.3. The summed E-state index contributed by atoms with van der Waals surface area (Å²) in [6, 6.07) is 6.70. The van der Waals surface area contributed by atoms with E-state index in [9.17, 15) is 14.4 Å². The Morgan fingerprint density at radius 3 is 2.38 bits per heavy atom. The summed E-state index contributed by atoms with van der Waals surface area (Å²) < 4.78 is 5.37. The number of fused-ring (bicyclic) bond motifs is 1. The summed E-state index contributed by atoms with van der Waals surface area (Å²) in [6.45, 7) is 2.00. The number of hydrogen-bond acceptors (Lipinski definition) is 4. The number of anilines is 2. The van der Waals surface area contributed by atoms with Crippen LogP contribution in [0.3, 0.4) is 0 Å². The Kier molecular flexibility index (Phi) is 4.07. The van der Waals surface area contributed by atoms with Crippen LogP contribution in [0.25, 0.3) is 0 Å². The van der Waals surface area contributed by atoms with Crippen molar-refractivity contribution in [2.24, 2.45) is 0 Å². The Bertz CT molecular complexity index is 808. The molecule has 2 N–H and O–H groups in total. The number of rotatable bonds is 3. The smallest absolute Gasteiger partial charge is 0.259 e. The number of amides is 3. The zero-order valence-corrected chi connectivity index (χ0v) is 13.4. The van der Waals surface area contributed by atoms with Gasteiger partial charge in [0.2, 0.25) is 5.91 Å². The zero-order chi connectivity index (χ0) is 17.3. The number of likely N-dealkylation sites (N-methyl/N-ethyl adjacent to an activating group) is 1. The molecule has 0 atom stereocenters. The van der Waals surface area contributed by atoms with Gasteiger partial charge in [-0.1, -0.05) is 0 Å². The summed E-state index contributed by atoms with van der Waals surface area (Å²) in [7, 11) is 1.70. The van der Waals surface area contributed by atoms with Crippen LogP contribution in [0.5, 0.6) is 0 Å². The van der Waals surface area contributed by atoms with Gasteiger partial charge in [-0.15, -0.1) is 0 Å². The Balaban J connectivity index is 1.78. The first-order valence-electron chi connectivity index (χ1n) is 7.50. The molecule has 0 aliphatic carbocycles. The Morgan fingerprint density at radius 2 is 1.75 bits per heavy atom. The number of carbonyl (C=O) groups excluding carboxylic acids is 3. The molecule has 124 valence electrons. The molecule has 3 rings (SSSR count). The van der Waals surface area contributed by atoms with Gasteiger partial charge in [0, 0.05) is 38.3 Å². The van der Waals surface area contributed by atoms with Gasteiger partial charge in [-0.3, -0.25) is 14.4 Å². The van der Waals surface area contributed by atoms with Crippen LogP contribution < -0.4 is 10.6 Å². The minimum atomic E-state index is -0.407. The second kappa shape index (κ2) is 6.19. The SMILES string of the molecule is CC(=O)Nc1ccc(NC(=O)c2coc3c2C(=O)N(C)CC3)cc1. The lowest BCUT2D eigenvalue weighted by Crippen LogP contribution is -2.34. The molecule has 24 heavy (non-hydrogen) atoms. The van der Waals surface area contributed by atoms with Crippen molar-refractivity contribution in [1.82, 2.24) is 4.90 Å². The van der Waals surface area contributed by atoms with E-state index in [1.165, 1.54) is 13.2 Å². The third kappa shape index (κ3) is 3.01. The van der Waals surface area contributed by atoms with Crippen molar-refractivity contribution in [2.45, 2.75) is 13.3 Å². The van der Waals surface area contributed by atoms with Crippen LogP contribution in [0.2, 0.25) is 0 Å². The van der Waals surface area contributed by atoms with Crippen molar-refractivity contribution < 1.29 is 18.8 Å². The van der Waals surface area contributed by atoms with Gasteiger partial charge in [0.25, 0.3) is 11.8 Å². The van der Waals surface area contributed by atoms with E-state index in [1.807, 2.05) is 0 Å². The quantitative estimate of drug-likeness (QED) is 0.903. The minimum Gasteiger partial charge on any atom is -0.468 e. The molecule has 3 amide bonds. The average molecular weight is 327 g/mol. The van der Waals surface area contributed by atoms with E-state index in [-0.39, 0.29) is 17.4 Å². The standard InChI is InChI=1S/C17H17N3O4/c1-10(21)18-11-3-5-12(6-4-11)19-16(22)13-9-24-14-7-8-20(2)17(23)15(13)14/h3-6,9H,7-8H2,1-2H3,(H,18,21)(H,19,22). The molecule has 1 aliphatic heterocycles. The summed E-state index contributed by atoms with van der Waals surface area (Å²) in [6.07, 6.45) is 1.92. The highest BCUT2D eigenvalue weighted by atomic mass is 16.3. The van der Waals surface area contributed by atoms with Gasteiger partial charge in [0.1, 0.15) is 12.0 Å². The van der Waals surface area contributed by atoms with Crippen LogP contribution in [0.15, 0.2) is 34.9 Å². The normalized spacial score (nSPS) is 13.4. The van der Waals surface area contributed by atoms with Crippen LogP contribution in [0, 0.1) is 0 Å². The molecule has 0 bridgehead atoms. The zero-order valence-electron chi connectivity index (χ0n) is 13.4. The largest absolute Gasteiger partial charge is 0.468 e. The fourth-order valence-electron chi connectivity index (χ4n) is 2.58. The van der Waals surface area contributed by atoms with E-state index < -0.39 is 5.91 Å². The first-order valence-corrected chi connectivity index (χ1v) is 7.50. The van der Waals surface area contributed by atoms with E-state index in [2.05, 4.69) is 10.6 Å². The topological polar surface area (TPSA) is 91.6 Å². The fraction of sp³-hybridized carbons (Fsp3) is 0.235. The lowest BCUT2D eigenvalue weighted by atomic mass is 10.0. The third-order valence-electron chi connectivity index (χ3n) is 3.81. The molecule has 0 radical (unpaired) electrons. The second-order valence-electron chi connectivity index (χ2n) is 5.64. The first-order chi connectivity index (χ1) is 11.5. The summed E-state index contributed by atoms with van der Waals surface area (Å²) in [5.41, 5.74) is 1.75.